The second-order valence-corrected chi connectivity index (χ2v) is 4.45. The molecular formula is C12H12Cl2O. The quantitative estimate of drug-likeness (QED) is 0.727. The smallest absolute Gasteiger partial charge is 0.166 e. The van der Waals surface area contributed by atoms with Crippen LogP contribution >= 0.6 is 23.2 Å². The van der Waals surface area contributed by atoms with E-state index in [1.165, 1.54) is 6.08 Å². The Balaban J connectivity index is 2.87. The fourth-order valence-corrected chi connectivity index (χ4v) is 1.56. The lowest BCUT2D eigenvalue weighted by molar-refractivity contribution is 0.0995. The van der Waals surface area contributed by atoms with Crippen molar-refractivity contribution in [3.8, 4) is 0 Å². The van der Waals surface area contributed by atoms with Crippen LogP contribution in [0.25, 0.3) is 0 Å². The number of rotatable bonds is 3. The Bertz CT molecular complexity index is 404. The summed E-state index contributed by atoms with van der Waals surface area (Å²) in [5, 5.41) is 0. The molecule has 0 N–H and O–H groups in total. The van der Waals surface area contributed by atoms with Gasteiger partial charge in [-0.1, -0.05) is 47.0 Å². The van der Waals surface area contributed by atoms with E-state index in [1.54, 1.807) is 0 Å². The molecule has 1 nitrogen and oxygen atoms in total. The predicted octanol–water partition coefficient (Wildman–Crippen LogP) is 4.20. The summed E-state index contributed by atoms with van der Waals surface area (Å²) in [5.74, 6) is 0.0336. The van der Waals surface area contributed by atoms with Gasteiger partial charge in [-0.25, -0.2) is 0 Å². The van der Waals surface area contributed by atoms with E-state index in [1.807, 2.05) is 32.0 Å². The van der Waals surface area contributed by atoms with E-state index in [9.17, 15) is 4.79 Å². The van der Waals surface area contributed by atoms with Gasteiger partial charge >= 0.3 is 0 Å². The average molecular weight is 243 g/mol. The number of carbonyl (C=O) groups excluding carboxylic acids is 1. The van der Waals surface area contributed by atoms with Crippen molar-refractivity contribution < 1.29 is 4.79 Å². The van der Waals surface area contributed by atoms with Crippen molar-refractivity contribution in [2.45, 2.75) is 20.3 Å². The molecule has 0 aliphatic rings. The third-order valence-electron chi connectivity index (χ3n) is 2.12. The summed E-state index contributed by atoms with van der Waals surface area (Å²) in [6.45, 7) is 3.92. The normalized spacial score (nSPS) is 9.87. The molecule has 0 aliphatic heterocycles. The Kier molecular flexibility index (Phi) is 4.37. The number of carbonyl (C=O) groups is 1. The van der Waals surface area contributed by atoms with Gasteiger partial charge in [-0.15, -0.1) is 0 Å². The van der Waals surface area contributed by atoms with Crippen molar-refractivity contribution >= 4 is 29.0 Å². The summed E-state index contributed by atoms with van der Waals surface area (Å²) in [6.07, 6.45) is 1.75. The van der Waals surface area contributed by atoms with Crippen LogP contribution < -0.4 is 0 Å². The van der Waals surface area contributed by atoms with Crippen LogP contribution in [0, 0.1) is 13.8 Å². The van der Waals surface area contributed by atoms with Crippen molar-refractivity contribution in [2.75, 3.05) is 0 Å². The van der Waals surface area contributed by atoms with Crippen LogP contribution in [-0.4, -0.2) is 5.78 Å². The molecule has 0 saturated carbocycles. The van der Waals surface area contributed by atoms with Gasteiger partial charge in [0.15, 0.2) is 5.78 Å². The number of ketones is 1. The molecule has 3 heteroatoms. The van der Waals surface area contributed by atoms with Crippen LogP contribution in [-0.2, 0) is 0 Å². The fraction of sp³-hybridized carbons (Fsp3) is 0.250. The summed E-state index contributed by atoms with van der Waals surface area (Å²) in [7, 11) is 0. The first-order valence-corrected chi connectivity index (χ1v) is 5.38. The first-order chi connectivity index (χ1) is 7.00. The van der Waals surface area contributed by atoms with Gasteiger partial charge in [0.05, 0.1) is 0 Å². The van der Waals surface area contributed by atoms with Crippen molar-refractivity contribution in [1.82, 2.24) is 0 Å². The lowest BCUT2D eigenvalue weighted by atomic mass is 10.0. The average Bonchev–Trinajstić information content (AvgIpc) is 2.14. The Morgan fingerprint density at radius 3 is 2.53 bits per heavy atom. The molecule has 0 saturated heterocycles. The number of hydrogen-bond acceptors (Lipinski definition) is 1. The maximum Gasteiger partial charge on any atom is 0.166 e. The molecule has 0 heterocycles. The molecule has 1 aromatic carbocycles. The Morgan fingerprint density at radius 2 is 2.00 bits per heavy atom. The van der Waals surface area contributed by atoms with Gasteiger partial charge in [0.2, 0.25) is 0 Å². The molecule has 1 rings (SSSR count). The standard InChI is InChI=1S/C12H12Cl2O/c1-8-3-4-10(9(2)7-8)11(15)5-6-12(13)14/h3-4,6-7H,5H2,1-2H3. The monoisotopic (exact) mass is 242 g/mol. The van der Waals surface area contributed by atoms with E-state index in [0.717, 1.165) is 16.7 Å². The molecule has 15 heavy (non-hydrogen) atoms. The van der Waals surface area contributed by atoms with E-state index in [4.69, 9.17) is 23.2 Å². The minimum Gasteiger partial charge on any atom is -0.294 e. The van der Waals surface area contributed by atoms with Crippen LogP contribution in [0.1, 0.15) is 27.9 Å². The van der Waals surface area contributed by atoms with Crippen LogP contribution in [0.3, 0.4) is 0 Å². The van der Waals surface area contributed by atoms with Gasteiger partial charge in [0, 0.05) is 12.0 Å². The number of halogens is 2. The SMILES string of the molecule is Cc1ccc(C(=O)CC=C(Cl)Cl)c(C)c1. The summed E-state index contributed by atoms with van der Waals surface area (Å²) in [6, 6.07) is 5.74. The van der Waals surface area contributed by atoms with Gasteiger partial charge in [0.25, 0.3) is 0 Å². The van der Waals surface area contributed by atoms with Crippen molar-refractivity contribution in [3.63, 3.8) is 0 Å². The summed E-state index contributed by atoms with van der Waals surface area (Å²) < 4.78 is 0.133. The zero-order chi connectivity index (χ0) is 11.4. The minimum absolute atomic E-state index is 0.0336. The van der Waals surface area contributed by atoms with Crippen LogP contribution in [0.2, 0.25) is 0 Å². The molecule has 0 amide bonds. The van der Waals surface area contributed by atoms with E-state index in [0.29, 0.717) is 0 Å². The highest BCUT2D eigenvalue weighted by Crippen LogP contribution is 2.15. The highest BCUT2D eigenvalue weighted by atomic mass is 35.5. The molecule has 0 bridgehead atoms. The molecule has 80 valence electrons. The van der Waals surface area contributed by atoms with E-state index >= 15 is 0 Å². The van der Waals surface area contributed by atoms with Gasteiger partial charge < -0.3 is 0 Å². The van der Waals surface area contributed by atoms with Gasteiger partial charge in [-0.05, 0) is 25.5 Å². The van der Waals surface area contributed by atoms with Crippen LogP contribution in [0.5, 0.6) is 0 Å². The van der Waals surface area contributed by atoms with Gasteiger partial charge in [-0.3, -0.25) is 4.79 Å². The topological polar surface area (TPSA) is 17.1 Å². The highest BCUT2D eigenvalue weighted by Gasteiger charge is 2.07. The maximum absolute atomic E-state index is 11.7. The summed E-state index contributed by atoms with van der Waals surface area (Å²) >= 11 is 10.9. The third kappa shape index (κ3) is 3.69. The molecule has 0 radical (unpaired) electrons. The molecule has 0 aromatic heterocycles. The van der Waals surface area contributed by atoms with Crippen LogP contribution in [0.15, 0.2) is 28.8 Å². The molecular weight excluding hydrogens is 231 g/mol. The number of aryl methyl sites for hydroxylation is 2. The highest BCUT2D eigenvalue weighted by molar-refractivity contribution is 6.55. The number of benzene rings is 1. The maximum atomic E-state index is 11.7. The largest absolute Gasteiger partial charge is 0.294 e. The Hall–Kier alpha value is -0.790. The zero-order valence-corrected chi connectivity index (χ0v) is 10.2. The van der Waals surface area contributed by atoms with Crippen LogP contribution in [0.4, 0.5) is 0 Å². The predicted molar refractivity (Wildman–Crippen MR) is 64.7 cm³/mol. The van der Waals surface area contributed by atoms with E-state index < -0.39 is 0 Å². The molecule has 0 atom stereocenters. The van der Waals surface area contributed by atoms with Crippen molar-refractivity contribution in [3.05, 3.63) is 45.5 Å². The third-order valence-corrected chi connectivity index (χ3v) is 2.43. The van der Waals surface area contributed by atoms with E-state index in [2.05, 4.69) is 0 Å². The molecule has 1 aromatic rings. The lowest BCUT2D eigenvalue weighted by Crippen LogP contribution is -2.00. The fourth-order valence-electron chi connectivity index (χ4n) is 1.41. The second kappa shape index (κ2) is 5.34. The zero-order valence-electron chi connectivity index (χ0n) is 8.68. The van der Waals surface area contributed by atoms with Crippen molar-refractivity contribution in [1.29, 1.82) is 0 Å². The lowest BCUT2D eigenvalue weighted by Gasteiger charge is -2.04. The van der Waals surface area contributed by atoms with Gasteiger partial charge in [0.1, 0.15) is 4.49 Å². The molecule has 0 aliphatic carbocycles. The minimum atomic E-state index is 0.0336. The number of Topliss-reactive ketones (excluding diaryl/α,β-unsaturated/α-hetero) is 1. The molecule has 0 unspecified atom stereocenters. The second-order valence-electron chi connectivity index (χ2n) is 3.44. The first-order valence-electron chi connectivity index (χ1n) is 4.62. The molecule has 0 fully saturated rings. The van der Waals surface area contributed by atoms with E-state index in [-0.39, 0.29) is 16.7 Å². The first kappa shape index (κ1) is 12.3. The Morgan fingerprint density at radius 1 is 1.33 bits per heavy atom. The molecule has 0 spiro atoms. The van der Waals surface area contributed by atoms with Gasteiger partial charge in [-0.2, -0.15) is 0 Å². The number of allylic oxidation sites excluding steroid dienone is 1. The summed E-state index contributed by atoms with van der Waals surface area (Å²) in [5.41, 5.74) is 2.86. The van der Waals surface area contributed by atoms with Crippen molar-refractivity contribution in [2.24, 2.45) is 0 Å². The number of hydrogen-bond donors (Lipinski definition) is 0. The summed E-state index contributed by atoms with van der Waals surface area (Å²) in [4.78, 5) is 11.7. The Labute approximate surface area is 99.7 Å².